The number of thioether (sulfide) groups is 1. The number of hydrogen-bond acceptors (Lipinski definition) is 5. The highest BCUT2D eigenvalue weighted by atomic mass is 32.2. The van der Waals surface area contributed by atoms with Gasteiger partial charge in [0.25, 0.3) is 0 Å². The summed E-state index contributed by atoms with van der Waals surface area (Å²) >= 11 is 1.67. The Morgan fingerprint density at radius 2 is 1.74 bits per heavy atom. The highest BCUT2D eigenvalue weighted by Gasteiger charge is 2.07. The maximum absolute atomic E-state index is 13.7. The molecule has 0 N–H and O–H groups in total. The van der Waals surface area contributed by atoms with E-state index in [1.165, 1.54) is 19.2 Å². The number of esters is 1. The van der Waals surface area contributed by atoms with Crippen LogP contribution in [0.15, 0.2) is 65.6 Å². The molecule has 0 amide bonds. The average Bonchev–Trinajstić information content (AvgIpc) is 2.77. The number of benzene rings is 3. The Morgan fingerprint density at radius 3 is 2.42 bits per heavy atom. The highest BCUT2D eigenvalue weighted by molar-refractivity contribution is 7.98. The van der Waals surface area contributed by atoms with Crippen molar-refractivity contribution in [2.75, 3.05) is 13.7 Å². The van der Waals surface area contributed by atoms with E-state index in [1.54, 1.807) is 11.8 Å². The van der Waals surface area contributed by atoms with Crippen LogP contribution in [-0.4, -0.2) is 19.7 Å². The van der Waals surface area contributed by atoms with Gasteiger partial charge < -0.3 is 14.2 Å². The zero-order chi connectivity index (χ0) is 22.2. The Kier molecular flexibility index (Phi) is 7.89. The topological polar surface area (TPSA) is 44.8 Å². The van der Waals surface area contributed by atoms with Crippen molar-refractivity contribution in [3.8, 4) is 11.5 Å². The van der Waals surface area contributed by atoms with Gasteiger partial charge in [-0.1, -0.05) is 12.1 Å². The fourth-order valence-corrected chi connectivity index (χ4v) is 3.67. The van der Waals surface area contributed by atoms with Crippen molar-refractivity contribution < 1.29 is 27.8 Å². The third-order valence-corrected chi connectivity index (χ3v) is 5.52. The second-order valence-corrected chi connectivity index (χ2v) is 7.80. The molecule has 0 atom stereocenters. The van der Waals surface area contributed by atoms with Crippen molar-refractivity contribution in [3.63, 3.8) is 0 Å². The van der Waals surface area contributed by atoms with Crippen LogP contribution in [0, 0.1) is 18.6 Å². The Hall–Kier alpha value is -3.06. The Morgan fingerprint density at radius 1 is 0.968 bits per heavy atom. The quantitative estimate of drug-likeness (QED) is 0.313. The lowest BCUT2D eigenvalue weighted by Gasteiger charge is -2.10. The fourth-order valence-electron chi connectivity index (χ4n) is 2.72. The van der Waals surface area contributed by atoms with Crippen molar-refractivity contribution in [2.24, 2.45) is 0 Å². The van der Waals surface area contributed by atoms with Crippen molar-refractivity contribution in [2.45, 2.75) is 24.2 Å². The first-order chi connectivity index (χ1) is 14.9. The summed E-state index contributed by atoms with van der Waals surface area (Å²) in [5, 5.41) is 0. The van der Waals surface area contributed by atoms with Gasteiger partial charge in [-0.3, -0.25) is 0 Å². The van der Waals surface area contributed by atoms with Crippen LogP contribution in [0.4, 0.5) is 8.78 Å². The van der Waals surface area contributed by atoms with E-state index < -0.39 is 17.6 Å². The zero-order valence-electron chi connectivity index (χ0n) is 17.2. The maximum atomic E-state index is 13.7. The fraction of sp³-hybridized carbons (Fsp3) is 0.208. The first kappa shape index (κ1) is 22.6. The molecular formula is C24H22F2O4S. The number of ether oxygens (including phenoxy) is 3. The summed E-state index contributed by atoms with van der Waals surface area (Å²) in [5.74, 6) is 0.364. The molecule has 3 aromatic carbocycles. The average molecular weight is 444 g/mol. The van der Waals surface area contributed by atoms with Crippen LogP contribution in [0.5, 0.6) is 11.5 Å². The SMILES string of the molecule is COC(=O)COc1ccc(SCc2ccc(OCc3ccc(F)cc3F)cc2)cc1C. The normalized spacial score (nSPS) is 10.6. The molecule has 0 aliphatic carbocycles. The van der Waals surface area contributed by atoms with E-state index in [9.17, 15) is 13.6 Å². The van der Waals surface area contributed by atoms with E-state index in [0.29, 0.717) is 17.1 Å². The predicted octanol–water partition coefficient (Wildman–Crippen LogP) is 5.70. The van der Waals surface area contributed by atoms with E-state index in [0.717, 1.165) is 27.8 Å². The molecule has 31 heavy (non-hydrogen) atoms. The van der Waals surface area contributed by atoms with Gasteiger partial charge in [0.15, 0.2) is 6.61 Å². The van der Waals surface area contributed by atoms with Crippen LogP contribution < -0.4 is 9.47 Å². The first-order valence-corrected chi connectivity index (χ1v) is 10.5. The van der Waals surface area contributed by atoms with Gasteiger partial charge in [-0.15, -0.1) is 11.8 Å². The van der Waals surface area contributed by atoms with Crippen molar-refractivity contribution in [3.05, 3.63) is 89.0 Å². The number of methoxy groups -OCH3 is 1. The third kappa shape index (κ3) is 6.72. The van der Waals surface area contributed by atoms with Crippen molar-refractivity contribution in [1.82, 2.24) is 0 Å². The predicted molar refractivity (Wildman–Crippen MR) is 115 cm³/mol. The van der Waals surface area contributed by atoms with Crippen LogP contribution in [0.3, 0.4) is 0 Å². The van der Waals surface area contributed by atoms with Crippen LogP contribution in [0.1, 0.15) is 16.7 Å². The van der Waals surface area contributed by atoms with Crippen molar-refractivity contribution in [1.29, 1.82) is 0 Å². The molecule has 0 spiro atoms. The molecule has 162 valence electrons. The number of hydrogen-bond donors (Lipinski definition) is 0. The van der Waals surface area contributed by atoms with Gasteiger partial charge in [0.1, 0.15) is 29.7 Å². The molecule has 0 aromatic heterocycles. The van der Waals surface area contributed by atoms with Crippen molar-refractivity contribution >= 4 is 17.7 Å². The van der Waals surface area contributed by atoms with Crippen LogP contribution in [0.25, 0.3) is 0 Å². The Bertz CT molecular complexity index is 1040. The van der Waals surface area contributed by atoms with Gasteiger partial charge in [0.05, 0.1) is 7.11 Å². The number of carbonyl (C=O) groups excluding carboxylic acids is 1. The minimum absolute atomic E-state index is 0.0316. The smallest absolute Gasteiger partial charge is 0.343 e. The molecule has 0 heterocycles. The van der Waals surface area contributed by atoms with Gasteiger partial charge in [-0.2, -0.15) is 0 Å². The second kappa shape index (κ2) is 10.8. The van der Waals surface area contributed by atoms with Crippen LogP contribution in [-0.2, 0) is 21.9 Å². The molecule has 3 aromatic rings. The van der Waals surface area contributed by atoms with E-state index in [2.05, 4.69) is 4.74 Å². The molecule has 0 aliphatic rings. The molecule has 0 bridgehead atoms. The van der Waals surface area contributed by atoms with E-state index in [4.69, 9.17) is 9.47 Å². The monoisotopic (exact) mass is 444 g/mol. The highest BCUT2D eigenvalue weighted by Crippen LogP contribution is 2.28. The summed E-state index contributed by atoms with van der Waals surface area (Å²) < 4.78 is 42.3. The summed E-state index contributed by atoms with van der Waals surface area (Å²) in [6, 6.07) is 16.8. The van der Waals surface area contributed by atoms with E-state index >= 15 is 0 Å². The van der Waals surface area contributed by atoms with Crippen LogP contribution in [0.2, 0.25) is 0 Å². The molecule has 4 nitrogen and oxygen atoms in total. The first-order valence-electron chi connectivity index (χ1n) is 9.53. The molecule has 7 heteroatoms. The minimum Gasteiger partial charge on any atom is -0.489 e. The van der Waals surface area contributed by atoms with Gasteiger partial charge in [0, 0.05) is 22.3 Å². The minimum atomic E-state index is -0.620. The van der Waals surface area contributed by atoms with Gasteiger partial charge >= 0.3 is 5.97 Å². The van der Waals surface area contributed by atoms with Crippen LogP contribution >= 0.6 is 11.8 Å². The number of rotatable bonds is 9. The molecule has 0 saturated heterocycles. The lowest BCUT2D eigenvalue weighted by Crippen LogP contribution is -2.12. The summed E-state index contributed by atoms with van der Waals surface area (Å²) in [4.78, 5) is 12.3. The lowest BCUT2D eigenvalue weighted by atomic mass is 10.2. The van der Waals surface area contributed by atoms with Gasteiger partial charge in [-0.25, -0.2) is 13.6 Å². The standard InChI is InChI=1S/C24H22F2O4S/c1-16-11-21(9-10-23(16)30-14-24(27)28-2)31-15-17-3-7-20(8-4-17)29-13-18-5-6-19(25)12-22(18)26/h3-12H,13-15H2,1-2H3. The lowest BCUT2D eigenvalue weighted by molar-refractivity contribution is -0.142. The number of carbonyl (C=O) groups is 1. The molecular weight excluding hydrogens is 422 g/mol. The van der Waals surface area contributed by atoms with Gasteiger partial charge in [-0.05, 0) is 60.5 Å². The molecule has 0 radical (unpaired) electrons. The summed E-state index contributed by atoms with van der Waals surface area (Å²) in [7, 11) is 1.32. The third-order valence-electron chi connectivity index (χ3n) is 4.46. The summed E-state index contributed by atoms with van der Waals surface area (Å²) in [5.41, 5.74) is 2.34. The molecule has 0 unspecified atom stereocenters. The molecule has 0 saturated carbocycles. The summed E-state index contributed by atoms with van der Waals surface area (Å²) in [6.07, 6.45) is 0. The number of halogens is 2. The number of aryl methyl sites for hydroxylation is 1. The Balaban J connectivity index is 1.50. The second-order valence-electron chi connectivity index (χ2n) is 6.75. The molecule has 0 aliphatic heterocycles. The van der Waals surface area contributed by atoms with E-state index in [-0.39, 0.29) is 13.2 Å². The van der Waals surface area contributed by atoms with Gasteiger partial charge in [0.2, 0.25) is 0 Å². The van der Waals surface area contributed by atoms with E-state index in [1.807, 2.05) is 49.4 Å². The molecule has 0 fully saturated rings. The summed E-state index contributed by atoms with van der Waals surface area (Å²) in [6.45, 7) is 1.84. The Labute approximate surface area is 184 Å². The largest absolute Gasteiger partial charge is 0.489 e. The molecule has 3 rings (SSSR count). The zero-order valence-corrected chi connectivity index (χ0v) is 18.0. The maximum Gasteiger partial charge on any atom is 0.343 e.